The molecule has 0 saturated carbocycles. The molecule has 100 valence electrons. The molecule has 0 fully saturated rings. The Bertz CT molecular complexity index is 478. The fourth-order valence-electron chi connectivity index (χ4n) is 1.92. The average molecular weight is 319 g/mol. The summed E-state index contributed by atoms with van der Waals surface area (Å²) in [7, 11) is 0. The van der Waals surface area contributed by atoms with Crippen molar-refractivity contribution in [3.05, 3.63) is 60.2 Å². The molecule has 2 rings (SSSR count). The van der Waals surface area contributed by atoms with Gasteiger partial charge in [0.25, 0.3) is 0 Å². The van der Waals surface area contributed by atoms with Gasteiger partial charge in [-0.25, -0.2) is 0 Å². The van der Waals surface area contributed by atoms with Crippen LogP contribution in [0.4, 0.5) is 0 Å². The van der Waals surface area contributed by atoms with Crippen LogP contribution in [0.5, 0.6) is 11.5 Å². The molecule has 1 nitrogen and oxygen atoms in total. The van der Waals surface area contributed by atoms with Crippen LogP contribution < -0.4 is 4.74 Å². The van der Waals surface area contributed by atoms with Crippen LogP contribution in [0, 0.1) is 0 Å². The van der Waals surface area contributed by atoms with Gasteiger partial charge in [0.2, 0.25) is 0 Å². The van der Waals surface area contributed by atoms with E-state index in [0.717, 1.165) is 11.5 Å². The van der Waals surface area contributed by atoms with E-state index in [1.54, 1.807) is 0 Å². The highest BCUT2D eigenvalue weighted by Crippen LogP contribution is 2.30. The van der Waals surface area contributed by atoms with Gasteiger partial charge in [0.05, 0.1) is 0 Å². The van der Waals surface area contributed by atoms with Gasteiger partial charge < -0.3 is 4.74 Å². The zero-order valence-corrected chi connectivity index (χ0v) is 12.8. The lowest BCUT2D eigenvalue weighted by molar-refractivity contribution is 0.482. The van der Waals surface area contributed by atoms with Crippen LogP contribution in [0.15, 0.2) is 54.6 Å². The minimum Gasteiger partial charge on any atom is -0.457 e. The quantitative estimate of drug-likeness (QED) is 0.584. The third kappa shape index (κ3) is 4.39. The Morgan fingerprint density at radius 2 is 1.58 bits per heavy atom. The molecule has 0 amide bonds. The molecule has 0 aliphatic rings. The van der Waals surface area contributed by atoms with E-state index < -0.39 is 0 Å². The number of hydrogen-bond acceptors (Lipinski definition) is 1. The second-order valence-electron chi connectivity index (χ2n) is 4.59. The minimum absolute atomic E-state index is 0.443. The van der Waals surface area contributed by atoms with Crippen molar-refractivity contribution in [3.8, 4) is 11.5 Å². The topological polar surface area (TPSA) is 9.23 Å². The van der Waals surface area contributed by atoms with Gasteiger partial charge in [0.15, 0.2) is 0 Å². The normalized spacial score (nSPS) is 12.1. The Morgan fingerprint density at radius 1 is 0.947 bits per heavy atom. The fourth-order valence-corrected chi connectivity index (χ4v) is 2.55. The van der Waals surface area contributed by atoms with E-state index in [1.165, 1.54) is 24.8 Å². The zero-order chi connectivity index (χ0) is 13.5. The Hall–Kier alpha value is -1.28. The molecule has 0 heterocycles. The molecule has 0 N–H and O–H groups in total. The molecule has 0 bridgehead atoms. The molecule has 0 radical (unpaired) electrons. The highest BCUT2D eigenvalue weighted by Gasteiger charge is 2.06. The molecular weight excluding hydrogens is 300 g/mol. The van der Waals surface area contributed by atoms with Gasteiger partial charge >= 0.3 is 0 Å². The predicted molar refractivity (Wildman–Crippen MR) is 84.2 cm³/mol. The number of halogens is 1. The molecular formula is C17H19BrO. The molecule has 2 aromatic carbocycles. The van der Waals surface area contributed by atoms with Crippen molar-refractivity contribution in [3.63, 3.8) is 0 Å². The first kappa shape index (κ1) is 14.1. The van der Waals surface area contributed by atoms with Crippen LogP contribution in [0.25, 0.3) is 0 Å². The maximum absolute atomic E-state index is 5.78. The van der Waals surface area contributed by atoms with E-state index >= 15 is 0 Å². The number of rotatable bonds is 6. The molecule has 19 heavy (non-hydrogen) atoms. The molecule has 2 heteroatoms. The molecule has 0 aliphatic carbocycles. The summed E-state index contributed by atoms with van der Waals surface area (Å²) >= 11 is 3.74. The SMILES string of the molecule is CCCCC(Br)c1ccc(Oc2ccccc2)cc1. The average Bonchev–Trinajstić information content (AvgIpc) is 2.46. The van der Waals surface area contributed by atoms with E-state index in [4.69, 9.17) is 4.74 Å². The van der Waals surface area contributed by atoms with E-state index in [0.29, 0.717) is 4.83 Å². The Kier molecular flexibility index (Phi) is 5.46. The van der Waals surface area contributed by atoms with Crippen molar-refractivity contribution in [1.29, 1.82) is 0 Å². The van der Waals surface area contributed by atoms with Crippen LogP contribution in [0.2, 0.25) is 0 Å². The number of para-hydroxylation sites is 1. The van der Waals surface area contributed by atoms with Crippen molar-refractivity contribution in [2.45, 2.75) is 31.0 Å². The van der Waals surface area contributed by atoms with Crippen LogP contribution in [-0.2, 0) is 0 Å². The van der Waals surface area contributed by atoms with Crippen molar-refractivity contribution in [2.24, 2.45) is 0 Å². The van der Waals surface area contributed by atoms with E-state index in [2.05, 4.69) is 35.0 Å². The lowest BCUT2D eigenvalue weighted by Crippen LogP contribution is -1.90. The van der Waals surface area contributed by atoms with Gasteiger partial charge in [0.1, 0.15) is 11.5 Å². The number of ether oxygens (including phenoxy) is 1. The van der Waals surface area contributed by atoms with Crippen LogP contribution in [-0.4, -0.2) is 0 Å². The molecule has 0 aromatic heterocycles. The third-order valence-electron chi connectivity index (χ3n) is 3.03. The molecule has 0 aliphatic heterocycles. The summed E-state index contributed by atoms with van der Waals surface area (Å²) in [5.41, 5.74) is 1.31. The van der Waals surface area contributed by atoms with Gasteiger partial charge in [-0.1, -0.05) is 66.0 Å². The minimum atomic E-state index is 0.443. The number of unbranched alkanes of at least 4 members (excludes halogenated alkanes) is 1. The monoisotopic (exact) mass is 318 g/mol. The highest BCUT2D eigenvalue weighted by molar-refractivity contribution is 9.09. The van der Waals surface area contributed by atoms with Crippen LogP contribution in [0.3, 0.4) is 0 Å². The van der Waals surface area contributed by atoms with Crippen LogP contribution >= 0.6 is 15.9 Å². The van der Waals surface area contributed by atoms with Gasteiger partial charge in [0, 0.05) is 4.83 Å². The smallest absolute Gasteiger partial charge is 0.127 e. The van der Waals surface area contributed by atoms with Gasteiger partial charge in [-0.2, -0.15) is 0 Å². The van der Waals surface area contributed by atoms with Crippen molar-refractivity contribution < 1.29 is 4.74 Å². The summed E-state index contributed by atoms with van der Waals surface area (Å²) in [6.07, 6.45) is 3.66. The van der Waals surface area contributed by atoms with Crippen molar-refractivity contribution >= 4 is 15.9 Å². The van der Waals surface area contributed by atoms with Crippen molar-refractivity contribution in [1.82, 2.24) is 0 Å². The molecule has 2 aromatic rings. The first-order valence-electron chi connectivity index (χ1n) is 6.76. The lowest BCUT2D eigenvalue weighted by Gasteiger charge is -2.11. The van der Waals surface area contributed by atoms with Gasteiger partial charge in [-0.15, -0.1) is 0 Å². The number of benzene rings is 2. The van der Waals surface area contributed by atoms with Gasteiger partial charge in [-0.3, -0.25) is 0 Å². The molecule has 0 saturated heterocycles. The summed E-state index contributed by atoms with van der Waals surface area (Å²) in [4.78, 5) is 0.443. The summed E-state index contributed by atoms with van der Waals surface area (Å²) in [5, 5.41) is 0. The number of hydrogen-bond donors (Lipinski definition) is 0. The van der Waals surface area contributed by atoms with E-state index in [1.807, 2.05) is 42.5 Å². The molecule has 1 unspecified atom stereocenters. The molecule has 1 atom stereocenters. The Morgan fingerprint density at radius 3 is 2.21 bits per heavy atom. The maximum atomic E-state index is 5.78. The van der Waals surface area contributed by atoms with Gasteiger partial charge in [-0.05, 0) is 36.2 Å². The van der Waals surface area contributed by atoms with Crippen molar-refractivity contribution in [2.75, 3.05) is 0 Å². The second-order valence-corrected chi connectivity index (χ2v) is 5.70. The molecule has 0 spiro atoms. The zero-order valence-electron chi connectivity index (χ0n) is 11.2. The third-order valence-corrected chi connectivity index (χ3v) is 4.02. The first-order chi connectivity index (χ1) is 9.29. The number of alkyl halides is 1. The summed E-state index contributed by atoms with van der Waals surface area (Å²) in [5.74, 6) is 1.75. The van der Waals surface area contributed by atoms with E-state index in [-0.39, 0.29) is 0 Å². The van der Waals surface area contributed by atoms with Crippen LogP contribution in [0.1, 0.15) is 36.6 Å². The lowest BCUT2D eigenvalue weighted by atomic mass is 10.1. The summed E-state index contributed by atoms with van der Waals surface area (Å²) in [6, 6.07) is 18.2. The highest BCUT2D eigenvalue weighted by atomic mass is 79.9. The standard InChI is InChI=1S/C17H19BrO/c1-2-3-9-17(18)14-10-12-16(13-11-14)19-15-7-5-4-6-8-15/h4-8,10-13,17H,2-3,9H2,1H3. The van der Waals surface area contributed by atoms with E-state index in [9.17, 15) is 0 Å². The fraction of sp³-hybridized carbons (Fsp3) is 0.294. The Balaban J connectivity index is 1.98. The largest absolute Gasteiger partial charge is 0.457 e. The second kappa shape index (κ2) is 7.34. The summed E-state index contributed by atoms with van der Waals surface area (Å²) in [6.45, 7) is 2.22. The Labute approximate surface area is 123 Å². The maximum Gasteiger partial charge on any atom is 0.127 e. The summed E-state index contributed by atoms with van der Waals surface area (Å²) < 4.78 is 5.78. The predicted octanol–water partition coefficient (Wildman–Crippen LogP) is 6.11. The first-order valence-corrected chi connectivity index (χ1v) is 7.68.